The molecule has 0 unspecified atom stereocenters. The summed E-state index contributed by atoms with van der Waals surface area (Å²) in [4.78, 5) is 16.9. The van der Waals surface area contributed by atoms with Gasteiger partial charge in [-0.2, -0.15) is 4.31 Å². The van der Waals surface area contributed by atoms with Crippen LogP contribution in [0.1, 0.15) is 43.7 Å². The van der Waals surface area contributed by atoms with Crippen LogP contribution in [0.25, 0.3) is 0 Å². The number of carbonyl (C=O) groups excluding carboxylic acids is 1. The van der Waals surface area contributed by atoms with E-state index in [0.717, 1.165) is 43.8 Å². The van der Waals surface area contributed by atoms with Gasteiger partial charge in [0.15, 0.2) is 0 Å². The molecule has 7 nitrogen and oxygen atoms in total. The van der Waals surface area contributed by atoms with Crippen molar-refractivity contribution in [2.75, 3.05) is 39.3 Å². The number of ether oxygens (including phenoxy) is 1. The maximum Gasteiger partial charge on any atom is 0.409 e. The van der Waals surface area contributed by atoms with Gasteiger partial charge in [-0.3, -0.25) is 4.90 Å². The lowest BCUT2D eigenvalue weighted by Gasteiger charge is -2.41. The summed E-state index contributed by atoms with van der Waals surface area (Å²) in [6, 6.07) is 7.33. The van der Waals surface area contributed by atoms with Crippen molar-refractivity contribution < 1.29 is 26.7 Å². The average molecular weight is 568 g/mol. The largest absolute Gasteiger partial charge is 0.448 e. The number of rotatable bonds is 7. The van der Waals surface area contributed by atoms with E-state index in [9.17, 15) is 22.0 Å². The second-order valence-electron chi connectivity index (χ2n) is 10.4. The lowest BCUT2D eigenvalue weighted by molar-refractivity contribution is 0.0482. The Hall–Kier alpha value is -2.27. The Bertz CT molecular complexity index is 1230. The molecule has 2 saturated heterocycles. The van der Waals surface area contributed by atoms with Gasteiger partial charge in [-0.1, -0.05) is 11.6 Å². The Morgan fingerprint density at radius 1 is 0.947 bits per heavy atom. The number of piperidine rings is 1. The molecule has 11 heteroatoms. The first-order valence-corrected chi connectivity index (χ1v) is 14.9. The zero-order valence-corrected chi connectivity index (χ0v) is 22.6. The number of halogens is 3. The predicted octanol–water partition coefficient (Wildman–Crippen LogP) is 5.07. The molecule has 0 spiro atoms. The van der Waals surface area contributed by atoms with Gasteiger partial charge < -0.3 is 9.64 Å². The Balaban J connectivity index is 1.34. The molecule has 0 aromatic heterocycles. The molecule has 3 aliphatic rings. The number of hydrogen-bond acceptors (Lipinski definition) is 5. The smallest absolute Gasteiger partial charge is 0.409 e. The highest BCUT2D eigenvalue weighted by Crippen LogP contribution is 2.39. The monoisotopic (exact) mass is 567 g/mol. The van der Waals surface area contributed by atoms with E-state index < -0.39 is 39.8 Å². The fraction of sp³-hybridized carbons (Fsp3) is 0.519. The van der Waals surface area contributed by atoms with Crippen molar-refractivity contribution in [1.29, 1.82) is 0 Å². The lowest BCUT2D eigenvalue weighted by Crippen LogP contribution is -2.51. The van der Waals surface area contributed by atoms with Gasteiger partial charge in [0.2, 0.25) is 10.0 Å². The normalized spacial score (nSPS) is 23.4. The van der Waals surface area contributed by atoms with Crippen molar-refractivity contribution in [3.63, 3.8) is 0 Å². The first kappa shape index (κ1) is 27.3. The molecule has 0 radical (unpaired) electrons. The molecule has 2 heterocycles. The lowest BCUT2D eigenvalue weighted by atomic mass is 9.93. The summed E-state index contributed by atoms with van der Waals surface area (Å²) in [5.41, 5.74) is 0.225. The van der Waals surface area contributed by atoms with Crippen molar-refractivity contribution >= 4 is 27.7 Å². The van der Waals surface area contributed by atoms with Gasteiger partial charge >= 0.3 is 6.09 Å². The van der Waals surface area contributed by atoms with Gasteiger partial charge in [-0.05, 0) is 80.0 Å². The molecule has 38 heavy (non-hydrogen) atoms. The Morgan fingerprint density at radius 3 is 2.24 bits per heavy atom. The van der Waals surface area contributed by atoms with Crippen molar-refractivity contribution in [2.45, 2.75) is 49.1 Å². The summed E-state index contributed by atoms with van der Waals surface area (Å²) < 4.78 is 62.9. The van der Waals surface area contributed by atoms with Crippen LogP contribution in [0, 0.1) is 17.6 Å². The highest BCUT2D eigenvalue weighted by molar-refractivity contribution is 7.89. The van der Waals surface area contributed by atoms with Crippen molar-refractivity contribution in [3.05, 3.63) is 64.7 Å². The number of sulfonamides is 1. The minimum atomic E-state index is -4.12. The van der Waals surface area contributed by atoms with Crippen LogP contribution < -0.4 is 0 Å². The van der Waals surface area contributed by atoms with Gasteiger partial charge in [0, 0.05) is 43.8 Å². The zero-order chi connectivity index (χ0) is 26.9. The van der Waals surface area contributed by atoms with E-state index in [1.807, 2.05) is 0 Å². The fourth-order valence-corrected chi connectivity index (χ4v) is 7.39. The summed E-state index contributed by atoms with van der Waals surface area (Å²) in [5, 5.41) is 0.383. The first-order chi connectivity index (χ1) is 18.2. The number of piperazine rings is 1. The number of nitrogens with zero attached hydrogens (tertiary/aromatic N) is 3. The van der Waals surface area contributed by atoms with Crippen LogP contribution in [-0.4, -0.2) is 74.0 Å². The minimum Gasteiger partial charge on any atom is -0.448 e. The van der Waals surface area contributed by atoms with Crippen LogP contribution in [0.3, 0.4) is 0 Å². The Morgan fingerprint density at radius 2 is 1.61 bits per heavy atom. The average Bonchev–Trinajstić information content (AvgIpc) is 3.71. The summed E-state index contributed by atoms with van der Waals surface area (Å²) >= 11 is 5.97. The van der Waals surface area contributed by atoms with Gasteiger partial charge in [-0.15, -0.1) is 0 Å². The molecule has 1 saturated carbocycles. The minimum absolute atomic E-state index is 0.00814. The SMILES string of the molecule is O=C(OC[C@H]1CCC[C@@H](c2cc(F)cc(F)c2)N1S(=O)(=O)c1ccc(Cl)cc1)N1CCN(CC2CC2)CC1. The molecule has 2 aromatic rings. The molecule has 2 atom stereocenters. The molecule has 0 bridgehead atoms. The highest BCUT2D eigenvalue weighted by atomic mass is 35.5. The maximum absolute atomic E-state index is 14.1. The molecule has 0 N–H and O–H groups in total. The summed E-state index contributed by atoms with van der Waals surface area (Å²) in [7, 11) is -4.12. The third-order valence-corrected chi connectivity index (χ3v) is 9.81. The summed E-state index contributed by atoms with van der Waals surface area (Å²) in [6.45, 7) is 3.63. The van der Waals surface area contributed by atoms with E-state index in [4.69, 9.17) is 16.3 Å². The topological polar surface area (TPSA) is 70.2 Å². The molecule has 2 aliphatic heterocycles. The number of carbonyl (C=O) groups is 1. The molecule has 3 fully saturated rings. The molecule has 1 amide bonds. The molecular weight excluding hydrogens is 536 g/mol. The number of hydrogen-bond donors (Lipinski definition) is 0. The molecule has 5 rings (SSSR count). The van der Waals surface area contributed by atoms with Gasteiger partial charge in [0.05, 0.1) is 17.0 Å². The number of amides is 1. The Kier molecular flexibility index (Phi) is 8.23. The van der Waals surface area contributed by atoms with Gasteiger partial charge in [0.1, 0.15) is 18.2 Å². The summed E-state index contributed by atoms with van der Waals surface area (Å²) in [6.07, 6.45) is 3.52. The standard InChI is InChI=1S/C27H32ClF2N3O4S/c28-21-6-8-25(9-7-21)38(35,36)33-24(2-1-3-26(33)20-14-22(29)16-23(30)15-20)18-37-27(34)32-12-10-31(11-13-32)17-19-4-5-19/h6-9,14-16,19,24,26H,1-5,10-13,17-18H2/t24-,26+/m1/s1. The van der Waals surface area contributed by atoms with E-state index in [2.05, 4.69) is 4.90 Å². The van der Waals surface area contributed by atoms with Crippen LogP contribution in [0.15, 0.2) is 47.4 Å². The molecular formula is C27H32ClF2N3O4S. The van der Waals surface area contributed by atoms with Crippen molar-refractivity contribution in [1.82, 2.24) is 14.1 Å². The zero-order valence-electron chi connectivity index (χ0n) is 21.1. The summed E-state index contributed by atoms with van der Waals surface area (Å²) in [5.74, 6) is -0.774. The fourth-order valence-electron chi connectivity index (χ4n) is 5.42. The van der Waals surface area contributed by atoms with Crippen LogP contribution in [0.5, 0.6) is 0 Å². The second kappa shape index (κ2) is 11.5. The quantitative estimate of drug-likeness (QED) is 0.467. The van der Waals surface area contributed by atoms with Gasteiger partial charge in [-0.25, -0.2) is 22.0 Å². The molecule has 1 aliphatic carbocycles. The van der Waals surface area contributed by atoms with Crippen LogP contribution in [0.2, 0.25) is 5.02 Å². The third kappa shape index (κ3) is 6.30. The highest BCUT2D eigenvalue weighted by Gasteiger charge is 2.42. The van der Waals surface area contributed by atoms with Crippen LogP contribution in [-0.2, 0) is 14.8 Å². The maximum atomic E-state index is 14.1. The van der Waals surface area contributed by atoms with E-state index >= 15 is 0 Å². The molecule has 206 valence electrons. The third-order valence-electron chi connectivity index (χ3n) is 7.58. The second-order valence-corrected chi connectivity index (χ2v) is 12.7. The Labute approximate surface area is 227 Å². The van der Waals surface area contributed by atoms with E-state index in [-0.39, 0.29) is 17.1 Å². The van der Waals surface area contributed by atoms with Crippen molar-refractivity contribution in [3.8, 4) is 0 Å². The van der Waals surface area contributed by atoms with Crippen LogP contribution >= 0.6 is 11.6 Å². The van der Waals surface area contributed by atoms with Crippen molar-refractivity contribution in [2.24, 2.45) is 5.92 Å². The van der Waals surface area contributed by atoms with E-state index in [0.29, 0.717) is 37.4 Å². The number of benzene rings is 2. The molecule has 2 aromatic carbocycles. The van der Waals surface area contributed by atoms with Gasteiger partial charge in [0.25, 0.3) is 0 Å². The van der Waals surface area contributed by atoms with E-state index in [1.165, 1.54) is 41.4 Å². The first-order valence-electron chi connectivity index (χ1n) is 13.1. The van der Waals surface area contributed by atoms with Crippen LogP contribution in [0.4, 0.5) is 13.6 Å². The van der Waals surface area contributed by atoms with E-state index in [1.54, 1.807) is 4.90 Å². The predicted molar refractivity (Wildman–Crippen MR) is 139 cm³/mol.